The molecular weight excluding hydrogens is 304 g/mol. The molecule has 0 bridgehead atoms. The molecule has 2 aromatic rings. The van der Waals surface area contributed by atoms with Crippen LogP contribution in [-0.4, -0.2) is 11.1 Å². The molecule has 4 nitrogen and oxygen atoms in total. The van der Waals surface area contributed by atoms with Crippen molar-refractivity contribution in [3.8, 4) is 11.3 Å². The van der Waals surface area contributed by atoms with E-state index in [4.69, 9.17) is 17.3 Å². The van der Waals surface area contributed by atoms with Crippen LogP contribution in [0, 0.1) is 11.6 Å². The van der Waals surface area contributed by atoms with Crippen LogP contribution < -0.4 is 5.73 Å². The van der Waals surface area contributed by atoms with Gasteiger partial charge in [-0.1, -0.05) is 5.16 Å². The van der Waals surface area contributed by atoms with Crippen LogP contribution in [0.15, 0.2) is 22.7 Å². The number of primary amides is 1. The molecule has 2 rings (SSSR count). The topological polar surface area (TPSA) is 69.1 Å². The summed E-state index contributed by atoms with van der Waals surface area (Å²) in [5, 5.41) is -0.941. The fourth-order valence-corrected chi connectivity index (χ4v) is 1.70. The number of carbonyl (C=O) groups excluding carboxylic acids is 1. The van der Waals surface area contributed by atoms with E-state index < -0.39 is 45.5 Å². The number of alkyl halides is 3. The zero-order valence-electron chi connectivity index (χ0n) is 9.46. The lowest BCUT2D eigenvalue weighted by molar-refractivity contribution is 0.0587. The van der Waals surface area contributed by atoms with Crippen molar-refractivity contribution in [3.05, 3.63) is 41.2 Å². The molecule has 0 atom stereocenters. The molecule has 1 aromatic heterocycles. The lowest BCUT2D eigenvalue weighted by Gasteiger charge is -2.05. The highest BCUT2D eigenvalue weighted by Gasteiger charge is 2.40. The predicted molar refractivity (Wildman–Crippen MR) is 60.1 cm³/mol. The average Bonchev–Trinajstić information content (AvgIpc) is 2.76. The summed E-state index contributed by atoms with van der Waals surface area (Å²) in [6.45, 7) is 0. The Hall–Kier alpha value is -2.09. The van der Waals surface area contributed by atoms with Crippen molar-refractivity contribution >= 4 is 17.5 Å². The summed E-state index contributed by atoms with van der Waals surface area (Å²) in [5.74, 6) is -4.55. The van der Waals surface area contributed by atoms with Gasteiger partial charge in [-0.25, -0.2) is 8.78 Å². The number of halogens is 5. The molecule has 1 aromatic carbocycles. The van der Waals surface area contributed by atoms with Gasteiger partial charge < -0.3 is 10.3 Å². The van der Waals surface area contributed by atoms with Crippen LogP contribution in [0.2, 0.25) is 0 Å². The van der Waals surface area contributed by atoms with E-state index in [1.165, 1.54) is 0 Å². The highest BCUT2D eigenvalue weighted by atomic mass is 35.5. The van der Waals surface area contributed by atoms with E-state index in [9.17, 15) is 22.4 Å². The Bertz CT molecular complexity index is 682. The van der Waals surface area contributed by atoms with Crippen molar-refractivity contribution in [1.82, 2.24) is 5.16 Å². The molecule has 0 saturated carbocycles. The fraction of sp³-hybridized carbons (Fsp3) is 0.0909. The lowest BCUT2D eigenvalue weighted by Crippen LogP contribution is -2.17. The zero-order chi connectivity index (χ0) is 15.1. The van der Waals surface area contributed by atoms with E-state index in [0.29, 0.717) is 6.07 Å². The van der Waals surface area contributed by atoms with Gasteiger partial charge in [0.15, 0.2) is 0 Å². The van der Waals surface area contributed by atoms with Gasteiger partial charge in [-0.05, 0) is 29.8 Å². The maximum atomic E-state index is 13.6. The molecule has 0 saturated heterocycles. The monoisotopic (exact) mass is 308 g/mol. The first kappa shape index (κ1) is 14.3. The van der Waals surface area contributed by atoms with Crippen molar-refractivity contribution in [3.63, 3.8) is 0 Å². The standard InChI is InChI=1S/C11H5ClF4N2O2/c12-11(15,16)9-7(10(17)19)8(18-20-9)5-3-4(13)1-2-6(5)14/h1-3H,(H2,17,19). The van der Waals surface area contributed by atoms with Gasteiger partial charge in [0.25, 0.3) is 5.91 Å². The third-order valence-corrected chi connectivity index (χ3v) is 2.55. The van der Waals surface area contributed by atoms with Crippen LogP contribution in [0.25, 0.3) is 11.3 Å². The molecule has 9 heteroatoms. The van der Waals surface area contributed by atoms with Gasteiger partial charge in [-0.15, -0.1) is 0 Å². The van der Waals surface area contributed by atoms with E-state index in [0.717, 1.165) is 12.1 Å². The summed E-state index contributed by atoms with van der Waals surface area (Å²) in [4.78, 5) is 11.2. The molecule has 2 N–H and O–H groups in total. The molecule has 0 aliphatic rings. The number of hydrogen-bond acceptors (Lipinski definition) is 3. The van der Waals surface area contributed by atoms with Crippen LogP contribution >= 0.6 is 11.6 Å². The molecule has 0 aliphatic heterocycles. The number of benzene rings is 1. The average molecular weight is 309 g/mol. The molecule has 0 fully saturated rings. The van der Waals surface area contributed by atoms with Crippen LogP contribution in [0.4, 0.5) is 17.6 Å². The minimum absolute atomic E-state index is 0.547. The minimum atomic E-state index is -4.07. The Labute approximate surface area is 114 Å². The summed E-state index contributed by atoms with van der Waals surface area (Å²) < 4.78 is 57.0. The zero-order valence-corrected chi connectivity index (χ0v) is 10.2. The van der Waals surface area contributed by atoms with Gasteiger partial charge in [0, 0.05) is 5.56 Å². The predicted octanol–water partition coefficient (Wildman–Crippen LogP) is 3.01. The number of amides is 1. The first-order valence-electron chi connectivity index (χ1n) is 5.04. The third kappa shape index (κ3) is 2.46. The number of aromatic nitrogens is 1. The molecule has 20 heavy (non-hydrogen) atoms. The maximum Gasteiger partial charge on any atom is 0.383 e. The van der Waals surface area contributed by atoms with Crippen molar-refractivity contribution in [2.24, 2.45) is 5.73 Å². The first-order valence-corrected chi connectivity index (χ1v) is 5.41. The van der Waals surface area contributed by atoms with Gasteiger partial charge >= 0.3 is 5.38 Å². The Balaban J connectivity index is 2.73. The molecule has 0 aliphatic carbocycles. The molecule has 1 amide bonds. The molecule has 106 valence electrons. The Morgan fingerprint density at radius 1 is 1.35 bits per heavy atom. The maximum absolute atomic E-state index is 13.6. The van der Waals surface area contributed by atoms with Crippen molar-refractivity contribution in [1.29, 1.82) is 0 Å². The minimum Gasteiger partial charge on any atom is -0.365 e. The highest BCUT2D eigenvalue weighted by Crippen LogP contribution is 2.39. The molecule has 0 unspecified atom stereocenters. The van der Waals surface area contributed by atoms with Crippen molar-refractivity contribution < 1.29 is 26.9 Å². The smallest absolute Gasteiger partial charge is 0.365 e. The molecular formula is C11H5ClF4N2O2. The van der Waals surface area contributed by atoms with Crippen LogP contribution in [0.3, 0.4) is 0 Å². The fourth-order valence-electron chi connectivity index (χ4n) is 1.58. The molecule has 1 heterocycles. The number of hydrogen-bond donors (Lipinski definition) is 1. The van der Waals surface area contributed by atoms with E-state index in [-0.39, 0.29) is 0 Å². The van der Waals surface area contributed by atoms with E-state index in [1.807, 2.05) is 0 Å². The van der Waals surface area contributed by atoms with Crippen LogP contribution in [0.5, 0.6) is 0 Å². The summed E-state index contributed by atoms with van der Waals surface area (Å²) in [7, 11) is 0. The second kappa shape index (κ2) is 4.78. The van der Waals surface area contributed by atoms with E-state index >= 15 is 0 Å². The van der Waals surface area contributed by atoms with Crippen molar-refractivity contribution in [2.45, 2.75) is 5.38 Å². The summed E-state index contributed by atoms with van der Waals surface area (Å²) in [6.07, 6.45) is 0. The summed E-state index contributed by atoms with van der Waals surface area (Å²) in [5.41, 5.74) is 2.83. The van der Waals surface area contributed by atoms with E-state index in [2.05, 4.69) is 9.68 Å². The Morgan fingerprint density at radius 3 is 2.55 bits per heavy atom. The number of nitrogens with zero attached hydrogens (tertiary/aromatic N) is 1. The second-order valence-electron chi connectivity index (χ2n) is 3.72. The number of nitrogens with two attached hydrogens (primary N) is 1. The van der Waals surface area contributed by atoms with Gasteiger partial charge in [-0.2, -0.15) is 8.78 Å². The molecule has 0 radical (unpaired) electrons. The first-order chi connectivity index (χ1) is 9.21. The van der Waals surface area contributed by atoms with E-state index in [1.54, 1.807) is 0 Å². The summed E-state index contributed by atoms with van der Waals surface area (Å²) >= 11 is 4.74. The number of carbonyl (C=O) groups is 1. The van der Waals surface area contributed by atoms with Crippen LogP contribution in [0.1, 0.15) is 16.1 Å². The van der Waals surface area contributed by atoms with Crippen molar-refractivity contribution in [2.75, 3.05) is 0 Å². The number of rotatable bonds is 3. The van der Waals surface area contributed by atoms with Gasteiger partial charge in [0.2, 0.25) is 5.76 Å². The SMILES string of the molecule is NC(=O)c1c(-c2cc(F)ccc2F)noc1C(F)(F)Cl. The van der Waals surface area contributed by atoms with Crippen LogP contribution in [-0.2, 0) is 5.38 Å². The summed E-state index contributed by atoms with van der Waals surface area (Å²) in [6, 6.07) is 2.21. The molecule has 0 spiro atoms. The Kier molecular flexibility index (Phi) is 3.43. The largest absolute Gasteiger partial charge is 0.383 e. The van der Waals surface area contributed by atoms with Gasteiger partial charge in [0.1, 0.15) is 22.9 Å². The quantitative estimate of drug-likeness (QED) is 0.700. The lowest BCUT2D eigenvalue weighted by atomic mass is 10.0. The van der Waals surface area contributed by atoms with Gasteiger partial charge in [0.05, 0.1) is 0 Å². The van der Waals surface area contributed by atoms with Gasteiger partial charge in [-0.3, -0.25) is 4.79 Å². The highest BCUT2D eigenvalue weighted by molar-refractivity contribution is 6.22. The third-order valence-electron chi connectivity index (χ3n) is 2.38. The normalized spacial score (nSPS) is 11.7. The Morgan fingerprint density at radius 2 is 2.00 bits per heavy atom. The second-order valence-corrected chi connectivity index (χ2v) is 4.20.